The maximum Gasteiger partial charge on any atom is 0.198 e. The summed E-state index contributed by atoms with van der Waals surface area (Å²) in [5.74, 6) is 1.43. The van der Waals surface area contributed by atoms with Gasteiger partial charge in [-0.1, -0.05) is 30.3 Å². The molecule has 5 rings (SSSR count). The maximum absolute atomic E-state index is 9.76. The highest BCUT2D eigenvalue weighted by molar-refractivity contribution is 7.99. The van der Waals surface area contributed by atoms with E-state index in [0.29, 0.717) is 28.7 Å². The zero-order chi connectivity index (χ0) is 22.9. The minimum atomic E-state index is 0.534. The van der Waals surface area contributed by atoms with Crippen LogP contribution in [-0.2, 0) is 6.54 Å². The fourth-order valence-corrected chi connectivity index (χ4v) is 4.96. The Morgan fingerprint density at radius 1 is 1.15 bits per heavy atom. The SMILES string of the molecule is C=CCn1c(Sc2cc(C)c(C#N)c3nc4ccccc4n23)nnc1-c1ccccc1OC. The number of para-hydroxylation sites is 3. The van der Waals surface area contributed by atoms with Crippen molar-refractivity contribution >= 4 is 28.4 Å². The standard InChI is InChI=1S/C25H20N6OS/c1-4-13-30-24(17-9-5-8-12-21(17)32-3)28-29-25(30)33-22-14-16(2)18(15-26)23-27-19-10-6-7-11-20(19)31(22)23/h4-12,14H,1,13H2,2-3H3. The van der Waals surface area contributed by atoms with Crippen molar-refractivity contribution < 1.29 is 4.74 Å². The number of pyridine rings is 1. The summed E-state index contributed by atoms with van der Waals surface area (Å²) in [6.07, 6.45) is 1.82. The highest BCUT2D eigenvalue weighted by Gasteiger charge is 2.21. The first-order chi connectivity index (χ1) is 16.2. The number of hydrogen-bond acceptors (Lipinski definition) is 6. The van der Waals surface area contributed by atoms with Crippen LogP contribution < -0.4 is 4.74 Å². The van der Waals surface area contributed by atoms with Gasteiger partial charge in [0.2, 0.25) is 0 Å². The van der Waals surface area contributed by atoms with Crippen LogP contribution in [0.15, 0.2) is 77.4 Å². The Kier molecular flexibility index (Phi) is 5.32. The van der Waals surface area contributed by atoms with Crippen LogP contribution in [0.2, 0.25) is 0 Å². The summed E-state index contributed by atoms with van der Waals surface area (Å²) in [7, 11) is 1.64. The molecule has 5 aromatic rings. The molecule has 0 amide bonds. The number of aryl methyl sites for hydroxylation is 1. The molecule has 33 heavy (non-hydrogen) atoms. The van der Waals surface area contributed by atoms with Gasteiger partial charge in [-0.05, 0) is 54.6 Å². The summed E-state index contributed by atoms with van der Waals surface area (Å²) >= 11 is 1.48. The monoisotopic (exact) mass is 452 g/mol. The van der Waals surface area contributed by atoms with Crippen molar-refractivity contribution in [3.05, 3.63) is 78.4 Å². The van der Waals surface area contributed by atoms with E-state index in [1.807, 2.05) is 76.6 Å². The number of ether oxygens (including phenoxy) is 1. The third kappa shape index (κ3) is 3.43. The molecule has 0 fully saturated rings. The molecule has 0 saturated heterocycles. The average Bonchev–Trinajstić information content (AvgIpc) is 3.41. The lowest BCUT2D eigenvalue weighted by atomic mass is 10.2. The van der Waals surface area contributed by atoms with Gasteiger partial charge in [0, 0.05) is 6.54 Å². The van der Waals surface area contributed by atoms with Gasteiger partial charge in [0.05, 0.1) is 34.3 Å². The summed E-state index contributed by atoms with van der Waals surface area (Å²) in [4.78, 5) is 4.73. The first-order valence-corrected chi connectivity index (χ1v) is 11.1. The highest BCUT2D eigenvalue weighted by atomic mass is 32.2. The number of allylic oxidation sites excluding steroid dienone is 1. The minimum absolute atomic E-state index is 0.534. The van der Waals surface area contributed by atoms with Crippen molar-refractivity contribution in [3.63, 3.8) is 0 Å². The number of benzene rings is 2. The molecule has 7 nitrogen and oxygen atoms in total. The van der Waals surface area contributed by atoms with Crippen molar-refractivity contribution in [2.75, 3.05) is 7.11 Å². The Hall–Kier alpha value is -4.09. The van der Waals surface area contributed by atoms with Crippen LogP contribution in [0.4, 0.5) is 0 Å². The minimum Gasteiger partial charge on any atom is -0.496 e. The number of imidazole rings is 1. The zero-order valence-electron chi connectivity index (χ0n) is 18.2. The number of hydrogen-bond donors (Lipinski definition) is 0. The highest BCUT2D eigenvalue weighted by Crippen LogP contribution is 2.36. The summed E-state index contributed by atoms with van der Waals surface area (Å²) in [6, 6.07) is 19.9. The molecule has 0 N–H and O–H groups in total. The van der Waals surface area contributed by atoms with E-state index in [1.165, 1.54) is 11.8 Å². The van der Waals surface area contributed by atoms with E-state index in [9.17, 15) is 5.26 Å². The second-order valence-electron chi connectivity index (χ2n) is 7.42. The number of nitrogens with zero attached hydrogens (tertiary/aromatic N) is 6. The maximum atomic E-state index is 9.76. The molecule has 2 aromatic carbocycles. The molecule has 0 unspecified atom stereocenters. The number of aromatic nitrogens is 5. The van der Waals surface area contributed by atoms with E-state index < -0.39 is 0 Å². The Morgan fingerprint density at radius 3 is 2.73 bits per heavy atom. The van der Waals surface area contributed by atoms with Crippen LogP contribution in [0.25, 0.3) is 28.1 Å². The van der Waals surface area contributed by atoms with Crippen molar-refractivity contribution in [2.45, 2.75) is 23.7 Å². The van der Waals surface area contributed by atoms with Crippen LogP contribution in [0.5, 0.6) is 5.75 Å². The van der Waals surface area contributed by atoms with Crippen LogP contribution in [-0.4, -0.2) is 31.3 Å². The number of fused-ring (bicyclic) bond motifs is 3. The topological polar surface area (TPSA) is 81.0 Å². The largest absolute Gasteiger partial charge is 0.496 e. The van der Waals surface area contributed by atoms with Crippen molar-refractivity contribution in [1.29, 1.82) is 5.26 Å². The summed E-state index contributed by atoms with van der Waals surface area (Å²) in [6.45, 7) is 6.37. The molecule has 162 valence electrons. The molecule has 3 heterocycles. The lowest BCUT2D eigenvalue weighted by molar-refractivity contribution is 0.416. The molecule has 0 bridgehead atoms. The van der Waals surface area contributed by atoms with Gasteiger partial charge < -0.3 is 4.74 Å². The Morgan fingerprint density at radius 2 is 1.94 bits per heavy atom. The zero-order valence-corrected chi connectivity index (χ0v) is 19.0. The fraction of sp³-hybridized carbons (Fsp3) is 0.120. The number of nitriles is 1. The van der Waals surface area contributed by atoms with E-state index in [0.717, 1.165) is 32.9 Å². The normalized spacial score (nSPS) is 11.1. The first kappa shape index (κ1) is 20.8. The van der Waals surface area contributed by atoms with E-state index in [4.69, 9.17) is 9.72 Å². The number of methoxy groups -OCH3 is 1. The fourth-order valence-electron chi connectivity index (χ4n) is 3.91. The molecule has 0 saturated carbocycles. The van der Waals surface area contributed by atoms with Crippen molar-refractivity contribution in [2.24, 2.45) is 0 Å². The van der Waals surface area contributed by atoms with Gasteiger partial charge in [-0.25, -0.2) is 4.98 Å². The predicted molar refractivity (Wildman–Crippen MR) is 128 cm³/mol. The summed E-state index contributed by atoms with van der Waals surface area (Å²) in [5.41, 5.74) is 4.70. The molecule has 0 aliphatic carbocycles. The molecule has 3 aromatic heterocycles. The first-order valence-electron chi connectivity index (χ1n) is 10.3. The predicted octanol–water partition coefficient (Wildman–Crippen LogP) is 5.27. The Labute approximate surface area is 195 Å². The number of rotatable bonds is 6. The van der Waals surface area contributed by atoms with Gasteiger partial charge in [0.15, 0.2) is 16.6 Å². The van der Waals surface area contributed by atoms with Crippen LogP contribution in [0, 0.1) is 18.3 Å². The second-order valence-corrected chi connectivity index (χ2v) is 8.41. The Bertz CT molecular complexity index is 1560. The van der Waals surface area contributed by atoms with Gasteiger partial charge in [-0.15, -0.1) is 16.8 Å². The van der Waals surface area contributed by atoms with Gasteiger partial charge in [0.25, 0.3) is 0 Å². The Balaban J connectivity index is 1.71. The summed E-state index contributed by atoms with van der Waals surface area (Å²) in [5, 5.41) is 20.3. The molecule has 8 heteroatoms. The molecule has 0 radical (unpaired) electrons. The molecular formula is C25H20N6OS. The van der Waals surface area contributed by atoms with Crippen molar-refractivity contribution in [1.82, 2.24) is 24.1 Å². The molecule has 0 aliphatic heterocycles. The molecule has 0 spiro atoms. The third-order valence-electron chi connectivity index (χ3n) is 5.42. The summed E-state index contributed by atoms with van der Waals surface area (Å²) < 4.78 is 9.56. The van der Waals surface area contributed by atoms with Crippen LogP contribution >= 0.6 is 11.8 Å². The van der Waals surface area contributed by atoms with Gasteiger partial charge in [0.1, 0.15) is 11.8 Å². The van der Waals surface area contributed by atoms with Crippen LogP contribution in [0.1, 0.15) is 11.1 Å². The van der Waals surface area contributed by atoms with Gasteiger partial charge in [-0.2, -0.15) is 5.26 Å². The van der Waals surface area contributed by atoms with Crippen molar-refractivity contribution in [3.8, 4) is 23.2 Å². The van der Waals surface area contributed by atoms with Gasteiger partial charge in [-0.3, -0.25) is 8.97 Å². The lowest BCUT2D eigenvalue weighted by Crippen LogP contribution is -2.03. The molecular weight excluding hydrogens is 432 g/mol. The molecule has 0 atom stereocenters. The lowest BCUT2D eigenvalue weighted by Gasteiger charge is -2.12. The second kappa shape index (κ2) is 8.45. The smallest absolute Gasteiger partial charge is 0.198 e. The van der Waals surface area contributed by atoms with E-state index in [2.05, 4.69) is 22.8 Å². The van der Waals surface area contributed by atoms with E-state index in [-0.39, 0.29) is 0 Å². The van der Waals surface area contributed by atoms with E-state index in [1.54, 1.807) is 7.11 Å². The third-order valence-corrected chi connectivity index (χ3v) is 6.42. The molecule has 0 aliphatic rings. The quantitative estimate of drug-likeness (QED) is 0.326. The van der Waals surface area contributed by atoms with E-state index >= 15 is 0 Å². The van der Waals surface area contributed by atoms with Crippen LogP contribution in [0.3, 0.4) is 0 Å². The van der Waals surface area contributed by atoms with Gasteiger partial charge >= 0.3 is 0 Å². The average molecular weight is 453 g/mol.